The maximum absolute atomic E-state index is 4.80. The molecule has 4 nitrogen and oxygen atoms in total. The second kappa shape index (κ2) is 11.0. The van der Waals surface area contributed by atoms with E-state index in [9.17, 15) is 0 Å². The molecule has 2 aromatic carbocycles. The Hall–Kier alpha value is -1.70. The van der Waals surface area contributed by atoms with Gasteiger partial charge >= 0.3 is 0 Å². The van der Waals surface area contributed by atoms with Crippen molar-refractivity contribution in [1.82, 2.24) is 10.3 Å². The van der Waals surface area contributed by atoms with Crippen LogP contribution in [0.3, 0.4) is 0 Å². The first kappa shape index (κ1) is 19.6. The molecule has 2 heterocycles. The van der Waals surface area contributed by atoms with Gasteiger partial charge < -0.3 is 9.05 Å². The number of benzene rings is 2. The summed E-state index contributed by atoms with van der Waals surface area (Å²) in [5, 5.41) is 7.68. The maximum atomic E-state index is 4.80. The lowest BCUT2D eigenvalue weighted by atomic mass is 10.2. The van der Waals surface area contributed by atoms with Gasteiger partial charge in [0.25, 0.3) is 0 Å². The summed E-state index contributed by atoms with van der Waals surface area (Å²) in [4.78, 5) is 0. The summed E-state index contributed by atoms with van der Waals surface area (Å²) in [6.07, 6.45) is 3.14. The van der Waals surface area contributed by atoms with Crippen molar-refractivity contribution in [1.29, 1.82) is 0 Å². The lowest BCUT2D eigenvalue weighted by Crippen LogP contribution is -1.75. The fraction of sp³-hybridized carbons (Fsp3) is 0. The van der Waals surface area contributed by atoms with Gasteiger partial charge in [-0.05, 0) is 15.9 Å². The van der Waals surface area contributed by atoms with E-state index in [1.54, 1.807) is 12.5 Å². The molecular weight excluding hydrogens is 516 g/mol. The van der Waals surface area contributed by atoms with Gasteiger partial charge in [0.05, 0.1) is 4.47 Å². The summed E-state index contributed by atoms with van der Waals surface area (Å²) in [5.74, 6) is 0. The molecular formula is C18H13Br3N2O2. The van der Waals surface area contributed by atoms with Gasteiger partial charge in [0.1, 0.15) is 23.9 Å². The van der Waals surface area contributed by atoms with E-state index in [4.69, 9.17) is 9.05 Å². The molecule has 0 fully saturated rings. The van der Waals surface area contributed by atoms with Crippen LogP contribution in [0.5, 0.6) is 0 Å². The van der Waals surface area contributed by atoms with E-state index < -0.39 is 0 Å². The standard InChI is InChI=1S/C9H6BrNO.C9H7NO.Br2/c10-8-6-12-11-9(8)7-4-2-1-3-5-7;1-2-4-8(5-3-1)9-6-7-11-10-9;1-2/h1-6H;1-7H;. The maximum Gasteiger partial charge on any atom is 0.138 e. The van der Waals surface area contributed by atoms with Gasteiger partial charge in [-0.1, -0.05) is 71.0 Å². The van der Waals surface area contributed by atoms with Gasteiger partial charge in [-0.15, -0.1) is 0 Å². The molecule has 0 aliphatic rings. The monoisotopic (exact) mass is 526 g/mol. The van der Waals surface area contributed by atoms with Crippen LogP contribution in [0.1, 0.15) is 0 Å². The Bertz CT molecular complexity index is 835. The second-order valence-corrected chi connectivity index (χ2v) is 5.48. The molecule has 0 atom stereocenters. The van der Waals surface area contributed by atoms with E-state index in [0.29, 0.717) is 0 Å². The third-order valence-electron chi connectivity index (χ3n) is 3.08. The Balaban J connectivity index is 0.000000165. The Morgan fingerprint density at radius 3 is 1.76 bits per heavy atom. The number of rotatable bonds is 2. The topological polar surface area (TPSA) is 52.1 Å². The highest BCUT2D eigenvalue weighted by atomic mass is 80.9. The van der Waals surface area contributed by atoms with Gasteiger partial charge in [0, 0.05) is 45.4 Å². The van der Waals surface area contributed by atoms with Crippen LogP contribution in [0.25, 0.3) is 22.5 Å². The third-order valence-corrected chi connectivity index (χ3v) is 3.64. The normalized spacial score (nSPS) is 9.40. The molecule has 2 aromatic heterocycles. The summed E-state index contributed by atoms with van der Waals surface area (Å²) in [5.41, 5.74) is 3.86. The highest BCUT2D eigenvalue weighted by Gasteiger charge is 2.05. The zero-order chi connectivity index (χ0) is 17.9. The molecule has 0 spiro atoms. The number of aromatic nitrogens is 2. The van der Waals surface area contributed by atoms with E-state index >= 15 is 0 Å². The van der Waals surface area contributed by atoms with Crippen molar-refractivity contribution in [2.24, 2.45) is 0 Å². The van der Waals surface area contributed by atoms with Gasteiger partial charge in [-0.3, -0.25) is 0 Å². The van der Waals surface area contributed by atoms with E-state index in [1.165, 1.54) is 0 Å². The number of halogens is 3. The molecule has 0 radical (unpaired) electrons. The van der Waals surface area contributed by atoms with Gasteiger partial charge in [-0.2, -0.15) is 0 Å². The van der Waals surface area contributed by atoms with Crippen LogP contribution < -0.4 is 0 Å². The van der Waals surface area contributed by atoms with Crippen LogP contribution >= 0.6 is 44.2 Å². The minimum Gasteiger partial charge on any atom is -0.364 e. The van der Waals surface area contributed by atoms with Crippen molar-refractivity contribution in [3.63, 3.8) is 0 Å². The predicted molar refractivity (Wildman–Crippen MR) is 109 cm³/mol. The molecule has 0 unspecified atom stereocenters. The van der Waals surface area contributed by atoms with Crippen molar-refractivity contribution in [3.8, 4) is 22.5 Å². The van der Waals surface area contributed by atoms with E-state index in [0.717, 1.165) is 27.0 Å². The molecule has 25 heavy (non-hydrogen) atoms. The lowest BCUT2D eigenvalue weighted by Gasteiger charge is -1.93. The van der Waals surface area contributed by atoms with Crippen LogP contribution in [-0.4, -0.2) is 10.3 Å². The fourth-order valence-corrected chi connectivity index (χ4v) is 2.37. The highest BCUT2D eigenvalue weighted by molar-refractivity contribution is 9.93. The average molecular weight is 529 g/mol. The quantitative estimate of drug-likeness (QED) is 0.277. The molecule has 0 bridgehead atoms. The van der Waals surface area contributed by atoms with Crippen LogP contribution in [0, 0.1) is 0 Å². The van der Waals surface area contributed by atoms with Crippen LogP contribution in [0.2, 0.25) is 0 Å². The fourth-order valence-electron chi connectivity index (χ4n) is 1.98. The van der Waals surface area contributed by atoms with Crippen LogP contribution in [0.4, 0.5) is 0 Å². The smallest absolute Gasteiger partial charge is 0.138 e. The average Bonchev–Trinajstić information content (AvgIpc) is 3.37. The summed E-state index contributed by atoms with van der Waals surface area (Å²) < 4.78 is 10.4. The Morgan fingerprint density at radius 1 is 0.680 bits per heavy atom. The van der Waals surface area contributed by atoms with Crippen LogP contribution in [-0.2, 0) is 0 Å². The first-order valence-electron chi connectivity index (χ1n) is 7.10. The molecule has 0 aliphatic carbocycles. The number of nitrogens with zero attached hydrogens (tertiary/aromatic N) is 2. The summed E-state index contributed by atoms with van der Waals surface area (Å²) in [6.45, 7) is 0. The molecule has 0 amide bonds. The van der Waals surface area contributed by atoms with Crippen molar-refractivity contribution in [2.45, 2.75) is 0 Å². The Labute approximate surface area is 169 Å². The predicted octanol–water partition coefficient (Wildman–Crippen LogP) is 7.14. The van der Waals surface area contributed by atoms with Crippen LogP contribution in [0.15, 0.2) is 92.8 Å². The first-order valence-corrected chi connectivity index (χ1v) is 11.6. The molecule has 0 N–H and O–H groups in total. The van der Waals surface area contributed by atoms with E-state index in [-0.39, 0.29) is 0 Å². The Morgan fingerprint density at radius 2 is 1.28 bits per heavy atom. The zero-order valence-corrected chi connectivity index (χ0v) is 17.6. The molecule has 7 heteroatoms. The SMILES string of the molecule is BrBr.Brc1conc1-c1ccccc1.c1ccc(-c2ccon2)cc1. The zero-order valence-electron chi connectivity index (χ0n) is 12.9. The summed E-state index contributed by atoms with van der Waals surface area (Å²) in [6, 6.07) is 21.7. The minimum absolute atomic E-state index is 0.843. The van der Waals surface area contributed by atoms with Crippen molar-refractivity contribution >= 4 is 44.2 Å². The molecule has 0 saturated heterocycles. The molecule has 4 aromatic rings. The lowest BCUT2D eigenvalue weighted by molar-refractivity contribution is 0.422. The highest BCUT2D eigenvalue weighted by Crippen LogP contribution is 2.25. The van der Waals surface area contributed by atoms with Crippen molar-refractivity contribution in [2.75, 3.05) is 0 Å². The summed E-state index contributed by atoms with van der Waals surface area (Å²) in [7, 11) is 0. The van der Waals surface area contributed by atoms with Gasteiger partial charge in [-0.25, -0.2) is 0 Å². The van der Waals surface area contributed by atoms with Gasteiger partial charge in [0.15, 0.2) is 0 Å². The van der Waals surface area contributed by atoms with Crippen molar-refractivity contribution < 1.29 is 9.05 Å². The summed E-state index contributed by atoms with van der Waals surface area (Å²) >= 11 is 8.85. The number of hydrogen-bond donors (Lipinski definition) is 0. The molecule has 4 rings (SSSR count). The molecule has 0 aliphatic heterocycles. The van der Waals surface area contributed by atoms with E-state index in [2.05, 4.69) is 54.5 Å². The van der Waals surface area contributed by atoms with E-state index in [1.807, 2.05) is 66.7 Å². The van der Waals surface area contributed by atoms with Gasteiger partial charge in [0.2, 0.25) is 0 Å². The number of hydrogen-bond acceptors (Lipinski definition) is 4. The Kier molecular flexibility index (Phi) is 8.65. The second-order valence-electron chi connectivity index (χ2n) is 4.63. The minimum atomic E-state index is 0.843. The third kappa shape index (κ3) is 5.95. The molecule has 0 saturated carbocycles. The van der Waals surface area contributed by atoms with Crippen molar-refractivity contribution in [3.05, 3.63) is 83.7 Å². The molecule has 128 valence electrons. The largest absolute Gasteiger partial charge is 0.364 e. The first-order chi connectivity index (χ1) is 12.3.